The first-order valence-corrected chi connectivity index (χ1v) is 16.6. The number of hydrogen-bond acceptors (Lipinski definition) is 0. The standard InChI is InChI=1S/C21H25.C7H9.2ClH.H2Si.Zr/c1-20(2,3)16-7-9-18-14(12-16)11-15-13-17(21(4,5)6)8-10-19(15)18;1-6-4-3-5-7(6)2;;;;/h7-10,12H,11H2,1-6H3;3-5H,1-2H3;2*1H;1H2;/q2*-1;;;;+2/p-2. The van der Waals surface area contributed by atoms with Crippen LogP contribution in [-0.2, 0) is 40.6 Å². The van der Waals surface area contributed by atoms with Crippen molar-refractivity contribution in [2.75, 3.05) is 0 Å². The van der Waals surface area contributed by atoms with Crippen LogP contribution in [0.2, 0.25) is 0 Å². The van der Waals surface area contributed by atoms with Crippen molar-refractivity contribution in [1.82, 2.24) is 0 Å². The Morgan fingerprint density at radius 2 is 1.47 bits per heavy atom. The Morgan fingerprint density at radius 3 is 1.91 bits per heavy atom. The first-order chi connectivity index (χ1) is 14.0. The normalized spacial score (nSPS) is 11.4. The number of aryl methyl sites for hydroxylation is 2. The van der Waals surface area contributed by atoms with Crippen LogP contribution in [0.25, 0.3) is 11.1 Å². The summed E-state index contributed by atoms with van der Waals surface area (Å²) in [7, 11) is 0. The van der Waals surface area contributed by atoms with Crippen LogP contribution < -0.4 is 24.8 Å². The predicted octanol–water partition coefficient (Wildman–Crippen LogP) is 0.765. The van der Waals surface area contributed by atoms with Gasteiger partial charge in [-0.1, -0.05) is 79.2 Å². The van der Waals surface area contributed by atoms with Crippen LogP contribution in [0.1, 0.15) is 74.9 Å². The molecule has 0 bridgehead atoms. The third kappa shape index (κ3) is 7.76. The second-order valence-corrected chi connectivity index (χ2v) is 10.2. The van der Waals surface area contributed by atoms with Crippen molar-refractivity contribution in [1.29, 1.82) is 0 Å². The van der Waals surface area contributed by atoms with Crippen molar-refractivity contribution in [3.05, 3.63) is 88.0 Å². The summed E-state index contributed by atoms with van der Waals surface area (Å²) in [5.74, 6) is 0. The molecule has 4 heteroatoms. The van der Waals surface area contributed by atoms with E-state index in [1.165, 1.54) is 44.5 Å². The van der Waals surface area contributed by atoms with Gasteiger partial charge in [0, 0.05) is 0 Å². The molecule has 0 N–H and O–H groups in total. The van der Waals surface area contributed by atoms with Crippen molar-refractivity contribution in [3.63, 3.8) is 0 Å². The molecule has 0 saturated carbocycles. The molecule has 172 valence electrons. The van der Waals surface area contributed by atoms with Gasteiger partial charge < -0.3 is 24.8 Å². The molecule has 0 aliphatic heterocycles. The molecule has 0 nitrogen and oxygen atoms in total. The fourth-order valence-electron chi connectivity index (χ4n) is 3.63. The molecule has 0 radical (unpaired) electrons. The molecule has 0 fully saturated rings. The van der Waals surface area contributed by atoms with Gasteiger partial charge in [-0.25, -0.2) is 12.1 Å². The summed E-state index contributed by atoms with van der Waals surface area (Å²) in [6.07, 6.45) is 1.03. The first-order valence-electron chi connectivity index (χ1n) is 10.7. The van der Waals surface area contributed by atoms with E-state index in [1.807, 2.05) is 6.88 Å². The maximum atomic E-state index is 3.67. The molecule has 0 aromatic heterocycles. The molecule has 0 atom stereocenters. The van der Waals surface area contributed by atoms with Crippen LogP contribution in [0.15, 0.2) is 48.5 Å². The Labute approximate surface area is 225 Å². The van der Waals surface area contributed by atoms with E-state index >= 15 is 0 Å². The third-order valence-electron chi connectivity index (χ3n) is 5.78. The summed E-state index contributed by atoms with van der Waals surface area (Å²) in [6.45, 7) is 19.8. The quantitative estimate of drug-likeness (QED) is 0.220. The van der Waals surface area contributed by atoms with E-state index in [0.29, 0.717) is 0 Å². The Morgan fingerprint density at radius 1 is 0.875 bits per heavy atom. The number of halogens is 2. The van der Waals surface area contributed by atoms with Crippen LogP contribution in [0.5, 0.6) is 0 Å². The molecule has 0 heterocycles. The van der Waals surface area contributed by atoms with Gasteiger partial charge in [0.2, 0.25) is 0 Å². The van der Waals surface area contributed by atoms with E-state index < -0.39 is 0 Å². The number of rotatable bonds is 0. The fourth-order valence-corrected chi connectivity index (χ4v) is 3.63. The summed E-state index contributed by atoms with van der Waals surface area (Å²) < 4.78 is 0. The SMILES string of the molecule is CC(C)(C)c1[c-]c2c(cc1)-c1ccc(C(C)(C)C)cc1C2.Cc1ccc[c-]1C.[Cl-].[Cl-].[SiH2]=[Zr+2]. The Hall–Kier alpha value is -0.530. The minimum absolute atomic E-state index is 0. The second kappa shape index (κ2) is 12.8. The zero-order chi connectivity index (χ0) is 22.7. The molecule has 1 aliphatic carbocycles. The van der Waals surface area contributed by atoms with E-state index in [9.17, 15) is 0 Å². The topological polar surface area (TPSA) is 0 Å². The van der Waals surface area contributed by atoms with E-state index in [0.717, 1.165) is 6.42 Å². The van der Waals surface area contributed by atoms with E-state index in [1.54, 1.807) is 23.3 Å². The van der Waals surface area contributed by atoms with E-state index in [4.69, 9.17) is 0 Å². The Balaban J connectivity index is 0.000000745. The first kappa shape index (κ1) is 31.5. The van der Waals surface area contributed by atoms with Gasteiger partial charge in [0.15, 0.2) is 0 Å². The zero-order valence-electron chi connectivity index (χ0n) is 20.8. The molecule has 3 aromatic carbocycles. The summed E-state index contributed by atoms with van der Waals surface area (Å²) >= 11 is 1.58. The van der Waals surface area contributed by atoms with Crippen molar-refractivity contribution in [2.24, 2.45) is 0 Å². The van der Waals surface area contributed by atoms with E-state index in [-0.39, 0.29) is 35.6 Å². The predicted molar refractivity (Wildman–Crippen MR) is 131 cm³/mol. The van der Waals surface area contributed by atoms with Crippen molar-refractivity contribution in [2.45, 2.75) is 72.6 Å². The van der Waals surface area contributed by atoms with Gasteiger partial charge in [-0.15, -0.1) is 11.1 Å². The maximum absolute atomic E-state index is 3.67. The van der Waals surface area contributed by atoms with Gasteiger partial charge in [-0.3, -0.25) is 0 Å². The average molecular weight is 563 g/mol. The van der Waals surface area contributed by atoms with Crippen LogP contribution in [0.3, 0.4) is 0 Å². The number of fused-ring (bicyclic) bond motifs is 3. The molecule has 4 rings (SSSR count). The molecule has 0 amide bonds. The summed E-state index contributed by atoms with van der Waals surface area (Å²) in [6, 6.07) is 21.5. The van der Waals surface area contributed by atoms with Crippen molar-refractivity contribution < 1.29 is 48.1 Å². The van der Waals surface area contributed by atoms with Crippen LogP contribution in [0.4, 0.5) is 0 Å². The van der Waals surface area contributed by atoms with Crippen LogP contribution >= 0.6 is 0 Å². The van der Waals surface area contributed by atoms with Crippen molar-refractivity contribution >= 4 is 6.88 Å². The van der Waals surface area contributed by atoms with Gasteiger partial charge in [-0.05, 0) is 28.4 Å². The molecular formula is C28H36Cl2SiZr-2. The summed E-state index contributed by atoms with van der Waals surface area (Å²) in [5.41, 5.74) is 11.5. The van der Waals surface area contributed by atoms with Gasteiger partial charge in [0.1, 0.15) is 0 Å². The van der Waals surface area contributed by atoms with Gasteiger partial charge in [-0.2, -0.15) is 41.0 Å². The molecule has 0 saturated heterocycles. The molecule has 0 unspecified atom stereocenters. The number of hydrogen-bond donors (Lipinski definition) is 0. The fraction of sp³-hybridized carbons (Fsp3) is 0.393. The molecule has 0 spiro atoms. The van der Waals surface area contributed by atoms with Gasteiger partial charge in [0.05, 0.1) is 0 Å². The Bertz CT molecular complexity index is 929. The molecular weight excluding hydrogens is 527 g/mol. The molecule has 32 heavy (non-hydrogen) atoms. The third-order valence-corrected chi connectivity index (χ3v) is 5.78. The van der Waals surface area contributed by atoms with Crippen LogP contribution in [-0.4, -0.2) is 6.88 Å². The van der Waals surface area contributed by atoms with Gasteiger partial charge >= 0.3 is 30.2 Å². The monoisotopic (exact) mass is 560 g/mol. The second-order valence-electron chi connectivity index (χ2n) is 10.2. The van der Waals surface area contributed by atoms with Crippen LogP contribution in [0, 0.1) is 19.9 Å². The summed E-state index contributed by atoms with van der Waals surface area (Å²) in [5, 5.41) is 0. The van der Waals surface area contributed by atoms with Gasteiger partial charge in [0.25, 0.3) is 0 Å². The zero-order valence-corrected chi connectivity index (χ0v) is 26.2. The summed E-state index contributed by atoms with van der Waals surface area (Å²) in [4.78, 5) is 0. The number of benzene rings is 2. The molecule has 1 aliphatic rings. The van der Waals surface area contributed by atoms with E-state index in [2.05, 4.69) is 110 Å². The van der Waals surface area contributed by atoms with Crippen molar-refractivity contribution in [3.8, 4) is 11.1 Å². The average Bonchev–Trinajstić information content (AvgIpc) is 3.23. The minimum atomic E-state index is 0. The molecule has 3 aromatic rings. The Kier molecular flexibility index (Phi) is 12.6.